The second kappa shape index (κ2) is 8.93. The number of hydrogen-bond acceptors (Lipinski definition) is 6. The van der Waals surface area contributed by atoms with Crippen molar-refractivity contribution in [1.29, 1.82) is 5.26 Å². The number of amidine groups is 1. The Labute approximate surface area is 189 Å². The monoisotopic (exact) mass is 436 g/mol. The first-order valence-electron chi connectivity index (χ1n) is 11.3. The van der Waals surface area contributed by atoms with Gasteiger partial charge in [-0.25, -0.2) is 9.79 Å². The standard InChI is InChI=1S/C24H32N6O2/c1-18-20(16-27-21(15-25)28-18)29-17-23(30(22(29)31)13-14-32-3)9-11-24(26-2,12-10-23)19-7-5-4-6-8-19/h4-8,16,18,26H,9-14,17H2,1-3H3,(H,27,28)/t18?,23-,24+. The number of carbonyl (C=O) groups excluding carboxylic acids is 1. The molecular weight excluding hydrogens is 404 g/mol. The fraction of sp³-hybridized carbons (Fsp3) is 0.542. The predicted octanol–water partition coefficient (Wildman–Crippen LogP) is 2.55. The Morgan fingerprint density at radius 2 is 2.00 bits per heavy atom. The molecule has 4 rings (SSSR count). The summed E-state index contributed by atoms with van der Waals surface area (Å²) in [4.78, 5) is 21.6. The molecule has 1 aliphatic carbocycles. The molecule has 2 N–H and O–H groups in total. The lowest BCUT2D eigenvalue weighted by Crippen LogP contribution is -2.55. The number of hydrogen-bond donors (Lipinski definition) is 2. The zero-order valence-electron chi connectivity index (χ0n) is 19.1. The van der Waals surface area contributed by atoms with Crippen molar-refractivity contribution in [2.45, 2.75) is 49.7 Å². The average Bonchev–Trinajstić information content (AvgIpc) is 3.09. The second-order valence-electron chi connectivity index (χ2n) is 8.95. The Morgan fingerprint density at radius 1 is 1.28 bits per heavy atom. The van der Waals surface area contributed by atoms with E-state index in [4.69, 9.17) is 10.00 Å². The van der Waals surface area contributed by atoms with E-state index in [1.807, 2.05) is 35.9 Å². The summed E-state index contributed by atoms with van der Waals surface area (Å²) < 4.78 is 5.34. The second-order valence-corrected chi connectivity index (χ2v) is 8.95. The van der Waals surface area contributed by atoms with Crippen LogP contribution in [0.1, 0.15) is 38.2 Å². The molecule has 1 unspecified atom stereocenters. The van der Waals surface area contributed by atoms with E-state index < -0.39 is 0 Å². The molecule has 8 nitrogen and oxygen atoms in total. The summed E-state index contributed by atoms with van der Waals surface area (Å²) >= 11 is 0. The van der Waals surface area contributed by atoms with Crippen LogP contribution < -0.4 is 10.6 Å². The van der Waals surface area contributed by atoms with E-state index >= 15 is 0 Å². The van der Waals surface area contributed by atoms with Gasteiger partial charge in [-0.15, -0.1) is 0 Å². The highest BCUT2D eigenvalue weighted by molar-refractivity contribution is 5.98. The van der Waals surface area contributed by atoms with Gasteiger partial charge in [0.25, 0.3) is 0 Å². The van der Waals surface area contributed by atoms with E-state index in [2.05, 4.69) is 39.9 Å². The zero-order chi connectivity index (χ0) is 22.8. The maximum atomic E-state index is 13.6. The first-order valence-corrected chi connectivity index (χ1v) is 11.3. The number of nitrogens with one attached hydrogen (secondary N) is 2. The highest BCUT2D eigenvalue weighted by Gasteiger charge is 2.54. The van der Waals surface area contributed by atoms with Gasteiger partial charge in [0.15, 0.2) is 0 Å². The maximum absolute atomic E-state index is 13.6. The SMILES string of the molecule is CN[C@]1(c2ccccc2)CC[C@]2(CC1)CN(C1=CN=C(C#N)NC1C)C(=O)N2CCOC. The fourth-order valence-electron chi connectivity index (χ4n) is 5.45. The van der Waals surface area contributed by atoms with Gasteiger partial charge in [0.05, 0.1) is 36.6 Å². The quantitative estimate of drug-likeness (QED) is 0.715. The van der Waals surface area contributed by atoms with Crippen molar-refractivity contribution in [3.63, 3.8) is 0 Å². The van der Waals surface area contributed by atoms with Crippen LogP contribution in [0.4, 0.5) is 4.79 Å². The van der Waals surface area contributed by atoms with Crippen molar-refractivity contribution < 1.29 is 9.53 Å². The number of urea groups is 1. The Balaban J connectivity index is 1.61. The van der Waals surface area contributed by atoms with E-state index in [0.717, 1.165) is 31.4 Å². The van der Waals surface area contributed by atoms with Gasteiger partial charge in [0.2, 0.25) is 5.84 Å². The molecule has 0 bridgehead atoms. The molecule has 1 saturated carbocycles. The number of amides is 2. The van der Waals surface area contributed by atoms with Gasteiger partial charge in [-0.1, -0.05) is 30.3 Å². The van der Waals surface area contributed by atoms with Crippen LogP contribution in [0, 0.1) is 11.3 Å². The summed E-state index contributed by atoms with van der Waals surface area (Å²) in [7, 11) is 3.70. The fourth-order valence-corrected chi connectivity index (χ4v) is 5.45. The van der Waals surface area contributed by atoms with E-state index in [9.17, 15) is 4.79 Å². The number of ether oxygens (including phenoxy) is 1. The van der Waals surface area contributed by atoms with Gasteiger partial charge in [-0.3, -0.25) is 4.90 Å². The van der Waals surface area contributed by atoms with Crippen LogP contribution in [0.15, 0.2) is 47.2 Å². The number of nitriles is 1. The molecule has 1 aromatic carbocycles. The van der Waals surface area contributed by atoms with Crippen LogP contribution in [0.2, 0.25) is 0 Å². The van der Waals surface area contributed by atoms with Gasteiger partial charge in [0, 0.05) is 19.2 Å². The lowest BCUT2D eigenvalue weighted by molar-refractivity contribution is 0.0595. The Kier molecular flexibility index (Phi) is 6.22. The number of rotatable bonds is 6. The van der Waals surface area contributed by atoms with Gasteiger partial charge in [-0.05, 0) is 45.2 Å². The maximum Gasteiger partial charge on any atom is 0.325 e. The number of nitrogens with zero attached hydrogens (tertiary/aromatic N) is 4. The van der Waals surface area contributed by atoms with Crippen molar-refractivity contribution >= 4 is 11.9 Å². The molecule has 2 fully saturated rings. The molecule has 1 atom stereocenters. The highest BCUT2D eigenvalue weighted by atomic mass is 16.5. The minimum Gasteiger partial charge on any atom is -0.383 e. The van der Waals surface area contributed by atoms with Crippen LogP contribution in [-0.4, -0.2) is 67.1 Å². The number of benzene rings is 1. The van der Waals surface area contributed by atoms with E-state index in [1.54, 1.807) is 13.3 Å². The molecular formula is C24H32N6O2. The summed E-state index contributed by atoms with van der Waals surface area (Å²) in [6.45, 7) is 3.64. The zero-order valence-corrected chi connectivity index (χ0v) is 19.1. The average molecular weight is 437 g/mol. The Bertz CT molecular complexity index is 943. The lowest BCUT2D eigenvalue weighted by Gasteiger charge is -2.48. The van der Waals surface area contributed by atoms with Gasteiger partial charge < -0.3 is 20.3 Å². The van der Waals surface area contributed by atoms with Crippen molar-refractivity contribution in [3.8, 4) is 6.07 Å². The number of methoxy groups -OCH3 is 1. The summed E-state index contributed by atoms with van der Waals surface area (Å²) in [5.41, 5.74) is 1.78. The minimum absolute atomic E-state index is 0.00535. The third kappa shape index (κ3) is 3.76. The van der Waals surface area contributed by atoms with Crippen LogP contribution in [-0.2, 0) is 10.3 Å². The largest absolute Gasteiger partial charge is 0.383 e. The van der Waals surface area contributed by atoms with Crippen molar-refractivity contribution in [2.24, 2.45) is 4.99 Å². The normalized spacial score (nSPS) is 30.1. The molecule has 1 spiro atoms. The van der Waals surface area contributed by atoms with Gasteiger partial charge >= 0.3 is 6.03 Å². The molecule has 1 saturated heterocycles. The first-order chi connectivity index (χ1) is 15.5. The topological polar surface area (TPSA) is 93.0 Å². The van der Waals surface area contributed by atoms with Crippen molar-refractivity contribution in [3.05, 3.63) is 47.8 Å². The van der Waals surface area contributed by atoms with Gasteiger partial charge in [-0.2, -0.15) is 5.26 Å². The summed E-state index contributed by atoms with van der Waals surface area (Å²) in [5, 5.41) is 15.8. The van der Waals surface area contributed by atoms with Crippen LogP contribution in [0.3, 0.4) is 0 Å². The summed E-state index contributed by atoms with van der Waals surface area (Å²) in [6, 6.07) is 12.5. The molecule has 170 valence electrons. The van der Waals surface area contributed by atoms with Gasteiger partial charge in [0.1, 0.15) is 6.07 Å². The summed E-state index contributed by atoms with van der Waals surface area (Å²) in [6.07, 6.45) is 5.35. The molecule has 32 heavy (non-hydrogen) atoms. The predicted molar refractivity (Wildman–Crippen MR) is 123 cm³/mol. The Morgan fingerprint density at radius 3 is 2.59 bits per heavy atom. The van der Waals surface area contributed by atoms with Crippen LogP contribution in [0.5, 0.6) is 0 Å². The van der Waals surface area contributed by atoms with Crippen molar-refractivity contribution in [1.82, 2.24) is 20.4 Å². The molecule has 3 aliphatic rings. The molecule has 2 heterocycles. The molecule has 2 amide bonds. The van der Waals surface area contributed by atoms with E-state index in [0.29, 0.717) is 19.7 Å². The third-order valence-electron chi connectivity index (χ3n) is 7.39. The molecule has 8 heteroatoms. The Hall–Kier alpha value is -2.89. The van der Waals surface area contributed by atoms with E-state index in [-0.39, 0.29) is 29.0 Å². The smallest absolute Gasteiger partial charge is 0.325 e. The van der Waals surface area contributed by atoms with Crippen LogP contribution in [0.25, 0.3) is 0 Å². The number of carbonyl (C=O) groups is 1. The molecule has 0 radical (unpaired) electrons. The minimum atomic E-state index is -0.246. The highest BCUT2D eigenvalue weighted by Crippen LogP contribution is 2.47. The van der Waals surface area contributed by atoms with Crippen LogP contribution >= 0.6 is 0 Å². The third-order valence-corrected chi connectivity index (χ3v) is 7.39. The molecule has 1 aromatic rings. The molecule has 2 aliphatic heterocycles. The lowest BCUT2D eigenvalue weighted by atomic mass is 9.69. The molecule has 0 aromatic heterocycles. The summed E-state index contributed by atoms with van der Waals surface area (Å²) in [5.74, 6) is 0.276. The van der Waals surface area contributed by atoms with E-state index in [1.165, 1.54) is 5.56 Å². The van der Waals surface area contributed by atoms with Crippen molar-refractivity contribution in [2.75, 3.05) is 33.9 Å². The first kappa shape index (κ1) is 22.3. The number of aliphatic imine (C=N–C) groups is 1.